The Bertz CT molecular complexity index is 633. The molecule has 0 spiro atoms. The molecule has 2 aliphatic carbocycles. The van der Waals surface area contributed by atoms with Crippen molar-refractivity contribution in [2.24, 2.45) is 11.7 Å². The van der Waals surface area contributed by atoms with Gasteiger partial charge in [-0.2, -0.15) is 0 Å². The molecule has 0 unspecified atom stereocenters. The summed E-state index contributed by atoms with van der Waals surface area (Å²) in [4.78, 5) is 10.4. The summed E-state index contributed by atoms with van der Waals surface area (Å²) in [5, 5.41) is 9.38. The molecule has 3 N–H and O–H groups in total. The van der Waals surface area contributed by atoms with Gasteiger partial charge in [0.05, 0.1) is 0 Å². The van der Waals surface area contributed by atoms with Crippen molar-refractivity contribution < 1.29 is 9.90 Å². The van der Waals surface area contributed by atoms with Crippen LogP contribution in [0.2, 0.25) is 0 Å². The number of phenols is 1. The Morgan fingerprint density at radius 2 is 1.45 bits per heavy atom. The molecule has 2 fully saturated rings. The lowest BCUT2D eigenvalue weighted by Crippen LogP contribution is -2.26. The van der Waals surface area contributed by atoms with Crippen LogP contribution in [0.15, 0.2) is 61.7 Å². The smallest absolute Gasteiger partial charge is 0.123 e. The Hall–Kier alpha value is -2.13. The third-order valence-corrected chi connectivity index (χ3v) is 6.25. The quantitative estimate of drug-likeness (QED) is 0.303. The van der Waals surface area contributed by atoms with Gasteiger partial charge in [0.25, 0.3) is 0 Å². The van der Waals surface area contributed by atoms with E-state index in [1.165, 1.54) is 69.8 Å². The molecule has 1 aromatic carbocycles. The summed E-state index contributed by atoms with van der Waals surface area (Å²) in [6.07, 6.45) is 24.1. The average Bonchev–Trinajstić information content (AvgIpc) is 2.79. The lowest BCUT2D eigenvalue weighted by molar-refractivity contribution is -0.111. The molecule has 0 aliphatic heterocycles. The topological polar surface area (TPSA) is 63.3 Å². The summed E-state index contributed by atoms with van der Waals surface area (Å²) in [5.41, 5.74) is 6.38. The van der Waals surface area contributed by atoms with Gasteiger partial charge in [0, 0.05) is 17.9 Å². The van der Waals surface area contributed by atoms with Crippen LogP contribution >= 0.6 is 0 Å². The Morgan fingerprint density at radius 3 is 1.94 bits per heavy atom. The van der Waals surface area contributed by atoms with Crippen molar-refractivity contribution in [3.63, 3.8) is 0 Å². The fraction of sp³-hybridized carbons (Fsp3) is 0.536. The van der Waals surface area contributed by atoms with Gasteiger partial charge in [-0.05, 0) is 43.4 Å². The fourth-order valence-corrected chi connectivity index (χ4v) is 4.40. The molecule has 1 aromatic rings. The maximum absolute atomic E-state index is 10.4. The molecule has 0 radical (unpaired) electrons. The first-order valence-corrected chi connectivity index (χ1v) is 12.0. The molecular weight excluding hydrogens is 382 g/mol. The zero-order valence-electron chi connectivity index (χ0n) is 19.3. The van der Waals surface area contributed by atoms with Crippen LogP contribution < -0.4 is 5.73 Å². The van der Waals surface area contributed by atoms with Crippen molar-refractivity contribution in [1.82, 2.24) is 0 Å². The van der Waals surface area contributed by atoms with Gasteiger partial charge in [-0.15, -0.1) is 6.58 Å². The van der Waals surface area contributed by atoms with Crippen LogP contribution in [0.4, 0.5) is 0 Å². The van der Waals surface area contributed by atoms with Crippen LogP contribution in [0, 0.1) is 5.92 Å². The number of rotatable bonds is 5. The second kappa shape index (κ2) is 16.5. The average molecular weight is 426 g/mol. The first kappa shape index (κ1) is 26.9. The van der Waals surface area contributed by atoms with Crippen LogP contribution in [-0.2, 0) is 10.2 Å². The van der Waals surface area contributed by atoms with Crippen LogP contribution in [-0.4, -0.2) is 17.9 Å². The van der Waals surface area contributed by atoms with Gasteiger partial charge in [-0.3, -0.25) is 0 Å². The number of carbonyl (C=O) groups excluding carboxylic acids is 1. The van der Waals surface area contributed by atoms with E-state index in [4.69, 9.17) is 5.73 Å². The standard InChI is InChI=1S/C16H20O.C9H16O.C3H7N/c1-2-3-11-16(12-5-4-6-13-16)14-7-9-15(17)10-8-14;10-8-9-6-4-2-1-3-5-7-9;1-2-3-4/h2-3,7-11,17H,1,4-6,12-13H2;8-9H,1-7H2;2H,1,3-4H2/b11-3+;;. The van der Waals surface area contributed by atoms with Crippen molar-refractivity contribution in [2.45, 2.75) is 82.5 Å². The molecule has 3 rings (SSSR count). The highest BCUT2D eigenvalue weighted by Crippen LogP contribution is 2.41. The van der Waals surface area contributed by atoms with E-state index in [2.05, 4.69) is 25.3 Å². The number of phenolic OH excluding ortho intramolecular Hbond substituents is 1. The van der Waals surface area contributed by atoms with E-state index < -0.39 is 0 Å². The van der Waals surface area contributed by atoms with Crippen molar-refractivity contribution in [2.75, 3.05) is 6.54 Å². The van der Waals surface area contributed by atoms with E-state index >= 15 is 0 Å². The summed E-state index contributed by atoms with van der Waals surface area (Å²) in [6.45, 7) is 7.69. The second-order valence-corrected chi connectivity index (χ2v) is 8.62. The van der Waals surface area contributed by atoms with E-state index in [9.17, 15) is 9.90 Å². The minimum atomic E-state index is 0.153. The molecule has 0 saturated heterocycles. The highest BCUT2D eigenvalue weighted by molar-refractivity contribution is 5.53. The molecule has 31 heavy (non-hydrogen) atoms. The zero-order chi connectivity index (χ0) is 22.8. The molecule has 0 aromatic heterocycles. The number of nitrogens with two attached hydrogens (primary N) is 1. The van der Waals surface area contributed by atoms with Crippen LogP contribution in [0.3, 0.4) is 0 Å². The maximum atomic E-state index is 10.4. The predicted molar refractivity (Wildman–Crippen MR) is 133 cm³/mol. The summed E-state index contributed by atoms with van der Waals surface area (Å²) in [5.74, 6) is 0.729. The molecular formula is C28H43NO2. The summed E-state index contributed by atoms with van der Waals surface area (Å²) in [7, 11) is 0. The summed E-state index contributed by atoms with van der Waals surface area (Å²) < 4.78 is 0. The van der Waals surface area contributed by atoms with E-state index in [0.29, 0.717) is 18.2 Å². The highest BCUT2D eigenvalue weighted by Gasteiger charge is 2.30. The predicted octanol–water partition coefficient (Wildman–Crippen LogP) is 7.01. The van der Waals surface area contributed by atoms with Crippen molar-refractivity contribution in [3.05, 3.63) is 67.3 Å². The number of allylic oxidation sites excluding steroid dienone is 3. The SMILES string of the molecule is C=C/C=C/C1(c2ccc(O)cc2)CCCCC1.C=CCN.O=CC1CCCCCCC1. The minimum absolute atomic E-state index is 0.153. The molecule has 2 saturated carbocycles. The van der Waals surface area contributed by atoms with Gasteiger partial charge in [0.2, 0.25) is 0 Å². The van der Waals surface area contributed by atoms with Gasteiger partial charge in [0.15, 0.2) is 0 Å². The summed E-state index contributed by atoms with van der Waals surface area (Å²) >= 11 is 0. The largest absolute Gasteiger partial charge is 0.508 e. The van der Waals surface area contributed by atoms with Gasteiger partial charge in [-0.25, -0.2) is 0 Å². The van der Waals surface area contributed by atoms with Crippen molar-refractivity contribution >= 4 is 6.29 Å². The Labute approximate surface area is 190 Å². The molecule has 2 aliphatic rings. The van der Waals surface area contributed by atoms with Crippen molar-refractivity contribution in [3.8, 4) is 5.75 Å². The normalized spacial score (nSPS) is 18.9. The molecule has 0 bridgehead atoms. The Kier molecular flexibility index (Phi) is 14.4. The van der Waals surface area contributed by atoms with Gasteiger partial charge in [0.1, 0.15) is 12.0 Å². The fourth-order valence-electron chi connectivity index (χ4n) is 4.40. The lowest BCUT2D eigenvalue weighted by Gasteiger charge is -2.35. The van der Waals surface area contributed by atoms with E-state index in [-0.39, 0.29) is 5.41 Å². The number of hydrogen-bond acceptors (Lipinski definition) is 3. The number of aldehydes is 1. The summed E-state index contributed by atoms with van der Waals surface area (Å²) in [6, 6.07) is 7.67. The van der Waals surface area contributed by atoms with Gasteiger partial charge >= 0.3 is 0 Å². The third-order valence-electron chi connectivity index (χ3n) is 6.25. The number of carbonyl (C=O) groups is 1. The van der Waals surface area contributed by atoms with Crippen LogP contribution in [0.25, 0.3) is 0 Å². The lowest BCUT2D eigenvalue weighted by atomic mass is 9.69. The Balaban J connectivity index is 0.000000290. The van der Waals surface area contributed by atoms with Crippen LogP contribution in [0.5, 0.6) is 5.75 Å². The van der Waals surface area contributed by atoms with E-state index in [1.54, 1.807) is 18.2 Å². The molecule has 0 heterocycles. The molecule has 172 valence electrons. The minimum Gasteiger partial charge on any atom is -0.508 e. The zero-order valence-corrected chi connectivity index (χ0v) is 19.3. The third kappa shape index (κ3) is 10.6. The maximum Gasteiger partial charge on any atom is 0.123 e. The number of hydrogen-bond donors (Lipinski definition) is 2. The molecule has 3 nitrogen and oxygen atoms in total. The number of aromatic hydroxyl groups is 1. The highest BCUT2D eigenvalue weighted by atomic mass is 16.3. The van der Waals surface area contributed by atoms with Crippen LogP contribution in [0.1, 0.15) is 82.6 Å². The second-order valence-electron chi connectivity index (χ2n) is 8.62. The van der Waals surface area contributed by atoms with Crippen molar-refractivity contribution in [1.29, 1.82) is 0 Å². The van der Waals surface area contributed by atoms with Gasteiger partial charge in [-0.1, -0.05) is 94.4 Å². The molecule has 0 amide bonds. The first-order valence-electron chi connectivity index (χ1n) is 12.0. The van der Waals surface area contributed by atoms with Gasteiger partial charge < -0.3 is 15.6 Å². The Morgan fingerprint density at radius 1 is 0.935 bits per heavy atom. The monoisotopic (exact) mass is 425 g/mol. The van der Waals surface area contributed by atoms with E-state index in [0.717, 1.165) is 19.1 Å². The first-order chi connectivity index (χ1) is 15.1. The molecule has 3 heteroatoms. The molecule has 0 atom stereocenters. The number of benzene rings is 1. The van der Waals surface area contributed by atoms with E-state index in [1.807, 2.05) is 18.2 Å².